The summed E-state index contributed by atoms with van der Waals surface area (Å²) in [6.07, 6.45) is 4.65. The number of ether oxygens (including phenoxy) is 2. The molecule has 12 heteroatoms. The number of benzene rings is 1. The minimum absolute atomic E-state index is 0.0768. The Morgan fingerprint density at radius 3 is 2.86 bits per heavy atom. The fraction of sp³-hybridized carbons (Fsp3) is 0.320. The van der Waals surface area contributed by atoms with Crippen molar-refractivity contribution in [2.75, 3.05) is 37.1 Å². The monoisotopic (exact) mass is 525 g/mol. The molecule has 1 aliphatic heterocycles. The highest BCUT2D eigenvalue weighted by Gasteiger charge is 2.40. The number of amides is 2. The van der Waals surface area contributed by atoms with Crippen molar-refractivity contribution in [2.24, 2.45) is 5.92 Å². The van der Waals surface area contributed by atoms with Gasteiger partial charge in [-0.3, -0.25) is 19.9 Å². The van der Waals surface area contributed by atoms with Crippen molar-refractivity contribution in [3.05, 3.63) is 46.7 Å². The molecule has 9 nitrogen and oxygen atoms in total. The highest BCUT2D eigenvalue weighted by molar-refractivity contribution is 7.15. The van der Waals surface area contributed by atoms with Gasteiger partial charge in [0, 0.05) is 40.8 Å². The van der Waals surface area contributed by atoms with E-state index in [0.717, 1.165) is 11.4 Å². The number of terminal acetylenes is 1. The van der Waals surface area contributed by atoms with Gasteiger partial charge in [0.15, 0.2) is 0 Å². The topological polar surface area (TPSA) is 107 Å². The summed E-state index contributed by atoms with van der Waals surface area (Å²) in [7, 11) is 1.38. The second-order valence-corrected chi connectivity index (χ2v) is 9.46. The van der Waals surface area contributed by atoms with Gasteiger partial charge in [0.05, 0.1) is 19.9 Å². The van der Waals surface area contributed by atoms with Crippen molar-refractivity contribution < 1.29 is 27.8 Å². The molecular formula is C25H21F2N5O4S. The molecular weight excluding hydrogens is 504 g/mol. The van der Waals surface area contributed by atoms with Gasteiger partial charge in [-0.15, -0.1) is 22.5 Å². The van der Waals surface area contributed by atoms with Crippen LogP contribution >= 0.6 is 11.3 Å². The van der Waals surface area contributed by atoms with E-state index in [1.54, 1.807) is 12.1 Å². The lowest BCUT2D eigenvalue weighted by Gasteiger charge is -2.27. The van der Waals surface area contributed by atoms with Crippen molar-refractivity contribution in [1.82, 2.24) is 15.2 Å². The number of halogens is 2. The SMILES string of the molecule is C#CC1CC1c1nnc(NC(=O)c2ccc(N3CCOCC3=O)cc2-c2cc(C(F)F)ncc2OC)s1. The van der Waals surface area contributed by atoms with Crippen LogP contribution in [0.2, 0.25) is 0 Å². The predicted octanol–water partition coefficient (Wildman–Crippen LogP) is 3.90. The van der Waals surface area contributed by atoms with Crippen LogP contribution in [0.15, 0.2) is 30.5 Å². The molecule has 5 rings (SSSR count). The number of carbonyl (C=O) groups excluding carboxylic acids is 2. The first kappa shape index (κ1) is 24.7. The number of hydrogen-bond acceptors (Lipinski definition) is 8. The van der Waals surface area contributed by atoms with Crippen molar-refractivity contribution in [2.45, 2.75) is 18.8 Å². The second-order valence-electron chi connectivity index (χ2n) is 8.45. The number of alkyl halides is 2. The zero-order valence-electron chi connectivity index (χ0n) is 19.6. The molecule has 1 N–H and O–H groups in total. The van der Waals surface area contributed by atoms with E-state index in [-0.39, 0.29) is 51.9 Å². The maximum absolute atomic E-state index is 13.5. The molecule has 2 amide bonds. The number of pyridine rings is 1. The van der Waals surface area contributed by atoms with E-state index in [2.05, 4.69) is 26.4 Å². The standard InChI is InChI=1S/C25H21F2N5O4S/c1-3-13-8-16(13)24-30-31-25(37-24)29-23(34)15-5-4-14(32-6-7-36-12-21(32)33)9-17(15)18-10-19(22(26)27)28-11-20(18)35-2/h1,4-5,9-11,13,16,22H,6-8,12H2,2H3,(H,29,31,34). The minimum atomic E-state index is -2.83. The molecule has 2 aliphatic rings. The van der Waals surface area contributed by atoms with E-state index in [4.69, 9.17) is 15.9 Å². The Kier molecular flexibility index (Phi) is 6.82. The molecule has 0 spiro atoms. The van der Waals surface area contributed by atoms with Crippen LogP contribution in [0.1, 0.15) is 39.8 Å². The third-order valence-electron chi connectivity index (χ3n) is 6.15. The van der Waals surface area contributed by atoms with Crippen molar-refractivity contribution >= 4 is 34.0 Å². The first-order valence-corrected chi connectivity index (χ1v) is 12.2. The molecule has 2 fully saturated rings. The lowest BCUT2D eigenvalue weighted by molar-refractivity contribution is -0.125. The number of hydrogen-bond donors (Lipinski definition) is 1. The molecule has 0 bridgehead atoms. The van der Waals surface area contributed by atoms with Crippen LogP contribution in [0, 0.1) is 18.3 Å². The Labute approximate surface area is 214 Å². The molecule has 1 aliphatic carbocycles. The predicted molar refractivity (Wildman–Crippen MR) is 132 cm³/mol. The maximum Gasteiger partial charge on any atom is 0.280 e. The van der Waals surface area contributed by atoms with Gasteiger partial charge in [-0.2, -0.15) is 0 Å². The molecule has 1 aromatic carbocycles. The number of anilines is 2. The van der Waals surface area contributed by atoms with Gasteiger partial charge in [0.2, 0.25) is 5.13 Å². The Morgan fingerprint density at radius 1 is 1.32 bits per heavy atom. The third-order valence-corrected chi connectivity index (χ3v) is 7.12. The molecule has 3 aromatic rings. The molecule has 37 heavy (non-hydrogen) atoms. The maximum atomic E-state index is 13.5. The van der Waals surface area contributed by atoms with Crippen molar-refractivity contribution in [1.29, 1.82) is 0 Å². The van der Waals surface area contributed by atoms with Gasteiger partial charge in [0.1, 0.15) is 23.1 Å². The smallest absolute Gasteiger partial charge is 0.280 e. The normalized spacial score (nSPS) is 19.0. The minimum Gasteiger partial charge on any atom is -0.494 e. The highest BCUT2D eigenvalue weighted by Crippen LogP contribution is 2.48. The molecule has 2 atom stereocenters. The first-order chi connectivity index (χ1) is 17.9. The van der Waals surface area contributed by atoms with Crippen LogP contribution in [-0.4, -0.2) is 53.9 Å². The summed E-state index contributed by atoms with van der Waals surface area (Å²) in [4.78, 5) is 31.1. The molecule has 2 aromatic heterocycles. The zero-order valence-corrected chi connectivity index (χ0v) is 20.4. The van der Waals surface area contributed by atoms with E-state index < -0.39 is 18.0 Å². The van der Waals surface area contributed by atoms with Crippen molar-refractivity contribution in [3.8, 4) is 29.2 Å². The number of carbonyl (C=O) groups is 2. The number of rotatable bonds is 7. The van der Waals surface area contributed by atoms with Gasteiger partial charge < -0.3 is 14.4 Å². The Balaban J connectivity index is 1.54. The van der Waals surface area contributed by atoms with Crippen molar-refractivity contribution in [3.63, 3.8) is 0 Å². The van der Waals surface area contributed by atoms with E-state index in [1.807, 2.05) is 0 Å². The summed E-state index contributed by atoms with van der Waals surface area (Å²) >= 11 is 1.24. The molecule has 3 heterocycles. The van der Waals surface area contributed by atoms with E-state index in [1.165, 1.54) is 41.7 Å². The van der Waals surface area contributed by atoms with Gasteiger partial charge >= 0.3 is 0 Å². The van der Waals surface area contributed by atoms with E-state index in [0.29, 0.717) is 18.8 Å². The van der Waals surface area contributed by atoms with Gasteiger partial charge in [-0.05, 0) is 30.7 Å². The molecule has 190 valence electrons. The summed E-state index contributed by atoms with van der Waals surface area (Å²) in [5.74, 6) is 2.37. The number of nitrogens with zero attached hydrogens (tertiary/aromatic N) is 4. The summed E-state index contributed by atoms with van der Waals surface area (Å²) in [6, 6.07) is 5.92. The number of morpholine rings is 1. The van der Waals surface area contributed by atoms with Gasteiger partial charge in [-0.1, -0.05) is 11.3 Å². The largest absolute Gasteiger partial charge is 0.494 e. The fourth-order valence-corrected chi connectivity index (χ4v) is 5.03. The van der Waals surface area contributed by atoms with Crippen LogP contribution in [0.3, 0.4) is 0 Å². The lowest BCUT2D eigenvalue weighted by atomic mass is 9.97. The second kappa shape index (κ2) is 10.2. The quantitative estimate of drug-likeness (QED) is 0.467. The van der Waals surface area contributed by atoms with Gasteiger partial charge in [-0.25, -0.2) is 8.78 Å². The fourth-order valence-electron chi connectivity index (χ4n) is 4.11. The van der Waals surface area contributed by atoms with E-state index in [9.17, 15) is 18.4 Å². The molecule has 1 saturated carbocycles. The Hall–Kier alpha value is -3.95. The third kappa shape index (κ3) is 5.00. The first-order valence-electron chi connectivity index (χ1n) is 11.3. The van der Waals surface area contributed by atoms with Gasteiger partial charge in [0.25, 0.3) is 18.2 Å². The summed E-state index contributed by atoms with van der Waals surface area (Å²) in [5, 5.41) is 12.0. The Bertz CT molecular complexity index is 1410. The van der Waals surface area contributed by atoms with Crippen LogP contribution in [-0.2, 0) is 9.53 Å². The lowest BCUT2D eigenvalue weighted by Crippen LogP contribution is -2.41. The number of methoxy groups -OCH3 is 1. The number of nitrogens with one attached hydrogen (secondary N) is 1. The number of aromatic nitrogens is 3. The molecule has 2 unspecified atom stereocenters. The average Bonchev–Trinajstić information content (AvgIpc) is 3.57. The Morgan fingerprint density at radius 2 is 2.16 bits per heavy atom. The highest BCUT2D eigenvalue weighted by atomic mass is 32.1. The van der Waals surface area contributed by atoms with Crippen LogP contribution < -0.4 is 15.0 Å². The molecule has 0 radical (unpaired) electrons. The average molecular weight is 526 g/mol. The summed E-state index contributed by atoms with van der Waals surface area (Å²) in [6.45, 7) is 0.581. The van der Waals surface area contributed by atoms with Crippen LogP contribution in [0.25, 0.3) is 11.1 Å². The van der Waals surface area contributed by atoms with E-state index >= 15 is 0 Å². The molecule has 1 saturated heterocycles. The zero-order chi connectivity index (χ0) is 26.1. The van der Waals surface area contributed by atoms with Crippen LogP contribution in [0.5, 0.6) is 5.75 Å². The van der Waals surface area contributed by atoms with Crippen LogP contribution in [0.4, 0.5) is 19.6 Å². The summed E-state index contributed by atoms with van der Waals surface area (Å²) in [5.41, 5.74) is 0.697. The summed E-state index contributed by atoms with van der Waals surface area (Å²) < 4.78 is 37.6.